The molecular weight excluding hydrogens is 238 g/mol. The third-order valence-electron chi connectivity index (χ3n) is 4.17. The predicted octanol–water partition coefficient (Wildman–Crippen LogP) is 2.85. The Morgan fingerprint density at radius 3 is 2.63 bits per heavy atom. The number of carbonyl (C=O) groups is 1. The molecule has 1 heterocycles. The molecule has 3 heteroatoms. The lowest BCUT2D eigenvalue weighted by Crippen LogP contribution is -2.49. The van der Waals surface area contributed by atoms with E-state index in [9.17, 15) is 4.79 Å². The average Bonchev–Trinajstić information content (AvgIpc) is 2.39. The van der Waals surface area contributed by atoms with E-state index >= 15 is 0 Å². The first-order chi connectivity index (χ1) is 9.08. The minimum Gasteiger partial charge on any atom is -0.462 e. The van der Waals surface area contributed by atoms with Gasteiger partial charge in [0.1, 0.15) is 6.10 Å². The Hall–Kier alpha value is -1.35. The summed E-state index contributed by atoms with van der Waals surface area (Å²) < 4.78 is 5.41. The molecular formula is C16H23NO2. The SMILES string of the molecule is CC(=O)O[C@H]1CCN(Cc2ccccc2)[C@@H](C)[C@H]1C. The Bertz CT molecular complexity index is 418. The van der Waals surface area contributed by atoms with Gasteiger partial charge in [-0.15, -0.1) is 0 Å². The number of piperidine rings is 1. The van der Waals surface area contributed by atoms with Crippen LogP contribution in [0.5, 0.6) is 0 Å². The van der Waals surface area contributed by atoms with Gasteiger partial charge < -0.3 is 4.74 Å². The second kappa shape index (κ2) is 6.20. The number of benzene rings is 1. The number of nitrogens with zero attached hydrogens (tertiary/aromatic N) is 1. The van der Waals surface area contributed by atoms with Gasteiger partial charge in [0.05, 0.1) is 0 Å². The number of likely N-dealkylation sites (tertiary alicyclic amines) is 1. The molecule has 1 aromatic carbocycles. The van der Waals surface area contributed by atoms with Crippen LogP contribution >= 0.6 is 0 Å². The fourth-order valence-corrected chi connectivity index (χ4v) is 2.82. The first-order valence-electron chi connectivity index (χ1n) is 7.03. The quantitative estimate of drug-likeness (QED) is 0.784. The average molecular weight is 261 g/mol. The molecule has 0 amide bonds. The fourth-order valence-electron chi connectivity index (χ4n) is 2.82. The van der Waals surface area contributed by atoms with Crippen molar-refractivity contribution >= 4 is 5.97 Å². The molecule has 0 aliphatic carbocycles. The first-order valence-corrected chi connectivity index (χ1v) is 7.03. The van der Waals surface area contributed by atoms with Gasteiger partial charge >= 0.3 is 5.97 Å². The highest BCUT2D eigenvalue weighted by Crippen LogP contribution is 2.27. The van der Waals surface area contributed by atoms with Gasteiger partial charge in [0.15, 0.2) is 0 Å². The van der Waals surface area contributed by atoms with Crippen LogP contribution < -0.4 is 0 Å². The molecule has 2 rings (SSSR count). The minimum absolute atomic E-state index is 0.0690. The summed E-state index contributed by atoms with van der Waals surface area (Å²) in [6.07, 6.45) is 0.997. The van der Waals surface area contributed by atoms with Crippen LogP contribution in [0.1, 0.15) is 32.8 Å². The van der Waals surface area contributed by atoms with Crippen molar-refractivity contribution in [3.05, 3.63) is 35.9 Å². The summed E-state index contributed by atoms with van der Waals surface area (Å²) in [6.45, 7) is 7.85. The largest absolute Gasteiger partial charge is 0.462 e. The zero-order valence-electron chi connectivity index (χ0n) is 12.0. The molecule has 3 nitrogen and oxygen atoms in total. The Kier molecular flexibility index (Phi) is 4.59. The van der Waals surface area contributed by atoms with Gasteiger partial charge in [0, 0.05) is 32.0 Å². The van der Waals surface area contributed by atoms with E-state index in [1.165, 1.54) is 12.5 Å². The van der Waals surface area contributed by atoms with Gasteiger partial charge in [0.25, 0.3) is 0 Å². The lowest BCUT2D eigenvalue weighted by Gasteiger charge is -2.42. The Morgan fingerprint density at radius 2 is 2.00 bits per heavy atom. The highest BCUT2D eigenvalue weighted by molar-refractivity contribution is 5.66. The van der Waals surface area contributed by atoms with Crippen LogP contribution in [-0.4, -0.2) is 29.6 Å². The second-order valence-electron chi connectivity index (χ2n) is 5.49. The number of hydrogen-bond donors (Lipinski definition) is 0. The molecule has 0 bridgehead atoms. The molecule has 1 fully saturated rings. The maximum atomic E-state index is 11.1. The fraction of sp³-hybridized carbons (Fsp3) is 0.562. The zero-order valence-corrected chi connectivity index (χ0v) is 12.0. The Balaban J connectivity index is 1.97. The summed E-state index contributed by atoms with van der Waals surface area (Å²) in [5.74, 6) is 0.210. The van der Waals surface area contributed by atoms with E-state index < -0.39 is 0 Å². The molecule has 0 unspecified atom stereocenters. The molecule has 19 heavy (non-hydrogen) atoms. The lowest BCUT2D eigenvalue weighted by molar-refractivity contribution is -0.153. The van der Waals surface area contributed by atoms with Gasteiger partial charge in [0.2, 0.25) is 0 Å². The van der Waals surface area contributed by atoms with Crippen molar-refractivity contribution in [1.82, 2.24) is 4.90 Å². The predicted molar refractivity (Wildman–Crippen MR) is 75.6 cm³/mol. The van der Waals surface area contributed by atoms with Crippen molar-refractivity contribution in [3.63, 3.8) is 0 Å². The molecule has 0 radical (unpaired) electrons. The summed E-state index contributed by atoms with van der Waals surface area (Å²) in [5, 5.41) is 0. The lowest BCUT2D eigenvalue weighted by atomic mass is 9.88. The maximum Gasteiger partial charge on any atom is 0.302 e. The number of ether oxygens (including phenoxy) is 1. The number of carbonyl (C=O) groups excluding carboxylic acids is 1. The standard InChI is InChI=1S/C16H23NO2/c1-12-13(2)17(10-9-16(12)19-14(3)18)11-15-7-5-4-6-8-15/h4-8,12-13,16H,9-11H2,1-3H3/t12-,13+,16+/m1/s1. The summed E-state index contributed by atoms with van der Waals surface area (Å²) in [4.78, 5) is 13.6. The summed E-state index contributed by atoms with van der Waals surface area (Å²) in [6, 6.07) is 11.0. The molecule has 0 saturated carbocycles. The summed E-state index contributed by atoms with van der Waals surface area (Å²) in [7, 11) is 0. The highest BCUT2D eigenvalue weighted by Gasteiger charge is 2.34. The molecule has 1 saturated heterocycles. The molecule has 0 spiro atoms. The van der Waals surface area contributed by atoms with E-state index in [2.05, 4.69) is 43.0 Å². The van der Waals surface area contributed by atoms with Crippen molar-refractivity contribution in [2.24, 2.45) is 5.92 Å². The van der Waals surface area contributed by atoms with Crippen molar-refractivity contribution in [2.45, 2.75) is 45.9 Å². The molecule has 3 atom stereocenters. The van der Waals surface area contributed by atoms with E-state index in [1.54, 1.807) is 0 Å². The van der Waals surface area contributed by atoms with Crippen LogP contribution in [0.15, 0.2) is 30.3 Å². The molecule has 1 aliphatic heterocycles. The van der Waals surface area contributed by atoms with Crippen LogP contribution in [-0.2, 0) is 16.1 Å². The molecule has 1 aliphatic rings. The van der Waals surface area contributed by atoms with Crippen LogP contribution in [0, 0.1) is 5.92 Å². The van der Waals surface area contributed by atoms with E-state index in [-0.39, 0.29) is 12.1 Å². The van der Waals surface area contributed by atoms with E-state index in [4.69, 9.17) is 4.74 Å². The maximum absolute atomic E-state index is 11.1. The topological polar surface area (TPSA) is 29.5 Å². The van der Waals surface area contributed by atoms with Crippen LogP contribution in [0.25, 0.3) is 0 Å². The first kappa shape index (κ1) is 14.1. The van der Waals surface area contributed by atoms with Crippen LogP contribution in [0.3, 0.4) is 0 Å². The van der Waals surface area contributed by atoms with Gasteiger partial charge in [-0.1, -0.05) is 37.3 Å². The van der Waals surface area contributed by atoms with Crippen molar-refractivity contribution in [2.75, 3.05) is 6.54 Å². The Morgan fingerprint density at radius 1 is 1.32 bits per heavy atom. The molecule has 1 aromatic rings. The van der Waals surface area contributed by atoms with E-state index in [0.29, 0.717) is 12.0 Å². The van der Waals surface area contributed by atoms with E-state index in [0.717, 1.165) is 19.5 Å². The zero-order chi connectivity index (χ0) is 13.8. The number of esters is 1. The third kappa shape index (κ3) is 3.57. The smallest absolute Gasteiger partial charge is 0.302 e. The molecule has 0 N–H and O–H groups in total. The molecule has 104 valence electrons. The van der Waals surface area contributed by atoms with Crippen molar-refractivity contribution in [3.8, 4) is 0 Å². The van der Waals surface area contributed by atoms with Gasteiger partial charge in [-0.25, -0.2) is 0 Å². The Labute approximate surface area is 115 Å². The normalized spacial score (nSPS) is 28.1. The van der Waals surface area contributed by atoms with Crippen molar-refractivity contribution in [1.29, 1.82) is 0 Å². The van der Waals surface area contributed by atoms with Crippen LogP contribution in [0.4, 0.5) is 0 Å². The molecule has 0 aromatic heterocycles. The van der Waals surface area contributed by atoms with Crippen LogP contribution in [0.2, 0.25) is 0 Å². The van der Waals surface area contributed by atoms with Gasteiger partial charge in [-0.3, -0.25) is 9.69 Å². The minimum atomic E-state index is -0.166. The highest BCUT2D eigenvalue weighted by atomic mass is 16.5. The second-order valence-corrected chi connectivity index (χ2v) is 5.49. The van der Waals surface area contributed by atoms with Gasteiger partial charge in [-0.2, -0.15) is 0 Å². The summed E-state index contributed by atoms with van der Waals surface area (Å²) >= 11 is 0. The van der Waals surface area contributed by atoms with E-state index in [1.807, 2.05) is 6.07 Å². The van der Waals surface area contributed by atoms with Gasteiger partial charge in [-0.05, 0) is 18.9 Å². The number of hydrogen-bond acceptors (Lipinski definition) is 3. The number of rotatable bonds is 3. The summed E-state index contributed by atoms with van der Waals surface area (Å²) in [5.41, 5.74) is 1.34. The monoisotopic (exact) mass is 261 g/mol. The third-order valence-corrected chi connectivity index (χ3v) is 4.17. The van der Waals surface area contributed by atoms with Crippen molar-refractivity contribution < 1.29 is 9.53 Å².